The third kappa shape index (κ3) is 1.93. The Hall–Kier alpha value is -2.36. The molecule has 0 amide bonds. The van der Waals surface area contributed by atoms with Gasteiger partial charge in [-0.05, 0) is 49.6 Å². The van der Waals surface area contributed by atoms with E-state index in [1.165, 1.54) is 5.56 Å². The van der Waals surface area contributed by atoms with Crippen molar-refractivity contribution in [2.24, 2.45) is 0 Å². The lowest BCUT2D eigenvalue weighted by molar-refractivity contribution is 1.06. The maximum absolute atomic E-state index is 6.09. The minimum Gasteiger partial charge on any atom is -0.369 e. The van der Waals surface area contributed by atoms with Crippen molar-refractivity contribution in [1.82, 2.24) is 14.5 Å². The molecule has 0 unspecified atom stereocenters. The molecule has 0 aliphatic rings. The third-order valence-electron chi connectivity index (χ3n) is 3.56. The van der Waals surface area contributed by atoms with Crippen molar-refractivity contribution in [2.75, 3.05) is 5.73 Å². The summed E-state index contributed by atoms with van der Waals surface area (Å²) in [6.45, 7) is 6.17. The zero-order chi connectivity index (χ0) is 14.3. The number of nitrogens with two attached hydrogens (primary N) is 1. The number of fused-ring (bicyclic) bond motifs is 1. The second kappa shape index (κ2) is 4.63. The maximum atomic E-state index is 6.09. The summed E-state index contributed by atoms with van der Waals surface area (Å²) in [6, 6.07) is 10.4. The fraction of sp³-hybridized carbons (Fsp3) is 0.250. The van der Waals surface area contributed by atoms with Crippen LogP contribution in [-0.2, 0) is 6.42 Å². The molecule has 2 aromatic heterocycles. The summed E-state index contributed by atoms with van der Waals surface area (Å²) >= 11 is 0. The van der Waals surface area contributed by atoms with Crippen LogP contribution in [0.2, 0.25) is 0 Å². The Morgan fingerprint density at radius 2 is 1.80 bits per heavy atom. The number of hydrogen-bond donors (Lipinski definition) is 1. The first-order chi connectivity index (χ1) is 9.60. The average Bonchev–Trinajstić information content (AvgIpc) is 2.76. The third-order valence-corrected chi connectivity index (χ3v) is 3.56. The minimum atomic E-state index is 0.477. The summed E-state index contributed by atoms with van der Waals surface area (Å²) in [6.07, 6.45) is 1.02. The van der Waals surface area contributed by atoms with E-state index in [9.17, 15) is 0 Å². The predicted octanol–water partition coefficient (Wildman–Crippen LogP) is 3.18. The number of anilines is 1. The van der Waals surface area contributed by atoms with E-state index < -0.39 is 0 Å². The largest absolute Gasteiger partial charge is 0.369 e. The molecule has 0 saturated heterocycles. The molecule has 0 spiro atoms. The van der Waals surface area contributed by atoms with Crippen molar-refractivity contribution >= 4 is 17.1 Å². The number of hydrogen-bond acceptors (Lipinski definition) is 3. The molecule has 0 aliphatic heterocycles. The summed E-state index contributed by atoms with van der Waals surface area (Å²) in [5.41, 5.74) is 12.2. The van der Waals surface area contributed by atoms with Gasteiger partial charge in [0.05, 0.1) is 5.69 Å². The molecule has 4 nitrogen and oxygen atoms in total. The Bertz CT molecular complexity index is 769. The Morgan fingerprint density at radius 1 is 1.10 bits per heavy atom. The van der Waals surface area contributed by atoms with E-state index in [-0.39, 0.29) is 0 Å². The van der Waals surface area contributed by atoms with Crippen LogP contribution in [-0.4, -0.2) is 14.5 Å². The molecule has 0 bridgehead atoms. The maximum Gasteiger partial charge on any atom is 0.207 e. The van der Waals surface area contributed by atoms with Crippen LogP contribution >= 0.6 is 0 Å². The van der Waals surface area contributed by atoms with Gasteiger partial charge in [-0.1, -0.05) is 19.1 Å². The van der Waals surface area contributed by atoms with Crippen LogP contribution < -0.4 is 5.73 Å². The van der Waals surface area contributed by atoms with E-state index in [2.05, 4.69) is 41.2 Å². The first-order valence-corrected chi connectivity index (χ1v) is 6.81. The van der Waals surface area contributed by atoms with Crippen LogP contribution in [0.4, 0.5) is 5.95 Å². The number of nitrogens with zero attached hydrogens (tertiary/aromatic N) is 3. The minimum absolute atomic E-state index is 0.477. The standard InChI is InChI=1S/C16H18N4/c1-4-12-5-7-13(8-6-12)20-15-14(19-16(20)17)10(2)9-11(3)18-15/h5-9H,4H2,1-3H3,(H2,17,19). The molecule has 2 N–H and O–H groups in total. The molecule has 0 fully saturated rings. The van der Waals surface area contributed by atoms with Gasteiger partial charge in [0, 0.05) is 5.69 Å². The summed E-state index contributed by atoms with van der Waals surface area (Å²) in [7, 11) is 0. The van der Waals surface area contributed by atoms with Crippen molar-refractivity contribution in [1.29, 1.82) is 0 Å². The summed E-state index contributed by atoms with van der Waals surface area (Å²) < 4.78 is 1.91. The van der Waals surface area contributed by atoms with Crippen LogP contribution in [0.1, 0.15) is 23.7 Å². The van der Waals surface area contributed by atoms with Gasteiger partial charge in [-0.25, -0.2) is 9.97 Å². The zero-order valence-corrected chi connectivity index (χ0v) is 12.0. The molecular formula is C16H18N4. The summed E-state index contributed by atoms with van der Waals surface area (Å²) in [4.78, 5) is 9.05. The van der Waals surface area contributed by atoms with Crippen LogP contribution in [0.5, 0.6) is 0 Å². The number of benzene rings is 1. The van der Waals surface area contributed by atoms with Gasteiger partial charge >= 0.3 is 0 Å². The van der Waals surface area contributed by atoms with Gasteiger partial charge in [0.2, 0.25) is 5.95 Å². The van der Waals surface area contributed by atoms with Gasteiger partial charge in [0.25, 0.3) is 0 Å². The Kier molecular flexibility index (Phi) is 2.93. The van der Waals surface area contributed by atoms with Crippen molar-refractivity contribution in [3.05, 3.63) is 47.2 Å². The van der Waals surface area contributed by atoms with Crippen LogP contribution in [0.25, 0.3) is 16.9 Å². The van der Waals surface area contributed by atoms with E-state index in [4.69, 9.17) is 5.73 Å². The smallest absolute Gasteiger partial charge is 0.207 e. The molecule has 102 valence electrons. The molecule has 0 atom stereocenters. The highest BCUT2D eigenvalue weighted by Gasteiger charge is 2.13. The summed E-state index contributed by atoms with van der Waals surface area (Å²) in [5.74, 6) is 0.477. The number of imidazole rings is 1. The molecule has 0 radical (unpaired) electrons. The number of aryl methyl sites for hydroxylation is 3. The average molecular weight is 266 g/mol. The molecule has 4 heteroatoms. The van der Waals surface area contributed by atoms with Crippen molar-refractivity contribution in [3.63, 3.8) is 0 Å². The first-order valence-electron chi connectivity index (χ1n) is 6.81. The Labute approximate surface area is 118 Å². The lowest BCUT2D eigenvalue weighted by Crippen LogP contribution is -2.02. The monoisotopic (exact) mass is 266 g/mol. The normalized spacial score (nSPS) is 11.2. The molecule has 3 aromatic rings. The second-order valence-corrected chi connectivity index (χ2v) is 5.08. The molecule has 3 rings (SSSR count). The van der Waals surface area contributed by atoms with Gasteiger partial charge in [-0.2, -0.15) is 0 Å². The topological polar surface area (TPSA) is 56.7 Å². The lowest BCUT2D eigenvalue weighted by atomic mass is 10.1. The Balaban J connectivity index is 2.26. The number of rotatable bonds is 2. The van der Waals surface area contributed by atoms with Crippen molar-refractivity contribution < 1.29 is 0 Å². The predicted molar refractivity (Wildman–Crippen MR) is 82.1 cm³/mol. The van der Waals surface area contributed by atoms with Gasteiger partial charge < -0.3 is 5.73 Å². The van der Waals surface area contributed by atoms with Crippen LogP contribution in [0.15, 0.2) is 30.3 Å². The number of pyridine rings is 1. The highest BCUT2D eigenvalue weighted by Crippen LogP contribution is 2.24. The van der Waals surface area contributed by atoms with E-state index in [0.29, 0.717) is 5.95 Å². The molecule has 2 heterocycles. The first kappa shape index (κ1) is 12.7. The SMILES string of the molecule is CCc1ccc(-n2c(N)nc3c(C)cc(C)nc32)cc1. The van der Waals surface area contributed by atoms with Gasteiger partial charge in [-0.15, -0.1) is 0 Å². The molecule has 20 heavy (non-hydrogen) atoms. The molecule has 0 saturated carbocycles. The van der Waals surface area contributed by atoms with Gasteiger partial charge in [0.1, 0.15) is 5.52 Å². The van der Waals surface area contributed by atoms with E-state index >= 15 is 0 Å². The molecule has 1 aromatic carbocycles. The number of aromatic nitrogens is 3. The van der Waals surface area contributed by atoms with E-state index in [1.54, 1.807) is 0 Å². The fourth-order valence-electron chi connectivity index (χ4n) is 2.51. The highest BCUT2D eigenvalue weighted by molar-refractivity contribution is 5.80. The highest BCUT2D eigenvalue weighted by atomic mass is 15.2. The Morgan fingerprint density at radius 3 is 2.45 bits per heavy atom. The van der Waals surface area contributed by atoms with Crippen molar-refractivity contribution in [3.8, 4) is 5.69 Å². The van der Waals surface area contributed by atoms with Gasteiger partial charge in [0.15, 0.2) is 5.65 Å². The molecular weight excluding hydrogens is 248 g/mol. The fourth-order valence-corrected chi connectivity index (χ4v) is 2.51. The quantitative estimate of drug-likeness (QED) is 0.775. The van der Waals surface area contributed by atoms with Crippen LogP contribution in [0.3, 0.4) is 0 Å². The zero-order valence-electron chi connectivity index (χ0n) is 12.0. The van der Waals surface area contributed by atoms with Crippen molar-refractivity contribution in [2.45, 2.75) is 27.2 Å². The van der Waals surface area contributed by atoms with Gasteiger partial charge in [-0.3, -0.25) is 4.57 Å². The lowest BCUT2D eigenvalue weighted by Gasteiger charge is -2.07. The van der Waals surface area contributed by atoms with E-state index in [0.717, 1.165) is 34.5 Å². The van der Waals surface area contributed by atoms with Crippen LogP contribution in [0, 0.1) is 13.8 Å². The summed E-state index contributed by atoms with van der Waals surface area (Å²) in [5, 5.41) is 0. The van der Waals surface area contributed by atoms with E-state index in [1.807, 2.05) is 24.5 Å². The second-order valence-electron chi connectivity index (χ2n) is 5.08. The number of nitrogen functional groups attached to an aromatic ring is 1. The molecule has 0 aliphatic carbocycles.